The zero-order valence-electron chi connectivity index (χ0n) is 8.10. The first-order chi connectivity index (χ1) is 6.72. The van der Waals surface area contributed by atoms with Crippen LogP contribution in [0.1, 0.15) is 12.5 Å². The van der Waals surface area contributed by atoms with Crippen molar-refractivity contribution in [2.24, 2.45) is 0 Å². The van der Waals surface area contributed by atoms with E-state index in [4.69, 9.17) is 5.11 Å². The van der Waals surface area contributed by atoms with Crippen LogP contribution in [-0.2, 0) is 11.2 Å². The van der Waals surface area contributed by atoms with Crippen molar-refractivity contribution in [1.29, 1.82) is 0 Å². The summed E-state index contributed by atoms with van der Waals surface area (Å²) in [6, 6.07) is 3.52. The van der Waals surface area contributed by atoms with Crippen LogP contribution in [0, 0.1) is 0 Å². The van der Waals surface area contributed by atoms with Crippen molar-refractivity contribution < 1.29 is 9.90 Å². The molecule has 0 spiro atoms. The first-order valence-electron chi connectivity index (χ1n) is 4.49. The normalized spacial score (nSPS) is 12.1. The van der Waals surface area contributed by atoms with Gasteiger partial charge in [0.15, 0.2) is 0 Å². The zero-order chi connectivity index (χ0) is 10.4. The van der Waals surface area contributed by atoms with Gasteiger partial charge in [-0.15, -0.1) is 0 Å². The summed E-state index contributed by atoms with van der Waals surface area (Å²) in [4.78, 5) is 14.7. The van der Waals surface area contributed by atoms with E-state index in [9.17, 15) is 4.79 Å². The van der Waals surface area contributed by atoms with Crippen LogP contribution in [0.15, 0.2) is 24.5 Å². The Morgan fingerprint density at radius 3 is 2.71 bits per heavy atom. The van der Waals surface area contributed by atoms with Gasteiger partial charge in [-0.25, -0.2) is 0 Å². The second kappa shape index (κ2) is 5.34. The molecule has 0 aliphatic heterocycles. The topological polar surface area (TPSA) is 62.2 Å². The number of hydrogen-bond donors (Lipinski definition) is 2. The Morgan fingerprint density at radius 2 is 2.21 bits per heavy atom. The lowest BCUT2D eigenvalue weighted by Crippen LogP contribution is -2.37. The van der Waals surface area contributed by atoms with Gasteiger partial charge in [0.2, 0.25) is 5.91 Å². The van der Waals surface area contributed by atoms with E-state index < -0.39 is 0 Å². The van der Waals surface area contributed by atoms with Crippen LogP contribution < -0.4 is 5.32 Å². The van der Waals surface area contributed by atoms with Gasteiger partial charge < -0.3 is 10.4 Å². The minimum Gasteiger partial charge on any atom is -0.394 e. The van der Waals surface area contributed by atoms with Crippen molar-refractivity contribution in [3.05, 3.63) is 30.1 Å². The Morgan fingerprint density at radius 1 is 1.57 bits per heavy atom. The minimum absolute atomic E-state index is 0.0537. The van der Waals surface area contributed by atoms with Crippen molar-refractivity contribution in [2.45, 2.75) is 19.4 Å². The molecule has 0 saturated carbocycles. The third kappa shape index (κ3) is 3.53. The summed E-state index contributed by atoms with van der Waals surface area (Å²) in [6.07, 6.45) is 4.01. The van der Waals surface area contributed by atoms with E-state index >= 15 is 0 Å². The third-order valence-corrected chi connectivity index (χ3v) is 1.86. The summed E-state index contributed by atoms with van der Waals surface area (Å²) in [7, 11) is 0. The van der Waals surface area contributed by atoms with Crippen LogP contribution in [0.3, 0.4) is 0 Å². The van der Waals surface area contributed by atoms with Crippen LogP contribution in [0.5, 0.6) is 0 Å². The van der Waals surface area contributed by atoms with Crippen LogP contribution >= 0.6 is 0 Å². The van der Waals surface area contributed by atoms with E-state index in [0.29, 0.717) is 6.42 Å². The molecule has 4 nitrogen and oxygen atoms in total. The monoisotopic (exact) mass is 194 g/mol. The average Bonchev–Trinajstić information content (AvgIpc) is 2.17. The van der Waals surface area contributed by atoms with Gasteiger partial charge >= 0.3 is 0 Å². The maximum atomic E-state index is 10.8. The summed E-state index contributed by atoms with van der Waals surface area (Å²) < 4.78 is 0. The summed E-state index contributed by atoms with van der Waals surface area (Å²) in [5.41, 5.74) is 1.05. The standard InChI is InChI=1S/C10H14N2O2/c1-8(14)12-10(7-13)6-9-2-4-11-5-3-9/h2-5,10,13H,6-7H2,1H3,(H,12,14). The maximum Gasteiger partial charge on any atom is 0.217 e. The maximum absolute atomic E-state index is 10.8. The lowest BCUT2D eigenvalue weighted by Gasteiger charge is -2.14. The predicted molar refractivity (Wildman–Crippen MR) is 52.6 cm³/mol. The first kappa shape index (κ1) is 10.7. The van der Waals surface area contributed by atoms with Crippen molar-refractivity contribution >= 4 is 5.91 Å². The highest BCUT2D eigenvalue weighted by molar-refractivity contribution is 5.73. The van der Waals surface area contributed by atoms with E-state index in [1.165, 1.54) is 6.92 Å². The van der Waals surface area contributed by atoms with E-state index in [2.05, 4.69) is 10.3 Å². The van der Waals surface area contributed by atoms with Gasteiger partial charge in [0, 0.05) is 19.3 Å². The fourth-order valence-electron chi connectivity index (χ4n) is 1.25. The van der Waals surface area contributed by atoms with E-state index in [0.717, 1.165) is 5.56 Å². The first-order valence-corrected chi connectivity index (χ1v) is 4.49. The highest BCUT2D eigenvalue weighted by atomic mass is 16.3. The van der Waals surface area contributed by atoms with Gasteiger partial charge in [-0.2, -0.15) is 0 Å². The largest absolute Gasteiger partial charge is 0.394 e. The summed E-state index contributed by atoms with van der Waals surface area (Å²) in [5.74, 6) is -0.127. The number of nitrogens with zero attached hydrogens (tertiary/aromatic N) is 1. The molecule has 0 saturated heterocycles. The van der Waals surface area contributed by atoms with Crippen molar-refractivity contribution in [2.75, 3.05) is 6.61 Å². The number of amides is 1. The van der Waals surface area contributed by atoms with Crippen molar-refractivity contribution in [1.82, 2.24) is 10.3 Å². The molecule has 0 aliphatic rings. The third-order valence-electron chi connectivity index (χ3n) is 1.86. The number of rotatable bonds is 4. The minimum atomic E-state index is -0.213. The molecule has 1 aromatic heterocycles. The summed E-state index contributed by atoms with van der Waals surface area (Å²) in [6.45, 7) is 1.39. The quantitative estimate of drug-likeness (QED) is 0.715. The second-order valence-electron chi connectivity index (χ2n) is 3.14. The number of carbonyl (C=O) groups excluding carboxylic acids is 1. The molecule has 0 fully saturated rings. The molecule has 0 aromatic carbocycles. The molecular weight excluding hydrogens is 180 g/mol. The molecule has 1 aromatic rings. The smallest absolute Gasteiger partial charge is 0.217 e. The number of aliphatic hydroxyl groups excluding tert-OH is 1. The van der Waals surface area contributed by atoms with Gasteiger partial charge in [0.25, 0.3) is 0 Å². The predicted octanol–water partition coefficient (Wildman–Crippen LogP) is 0.121. The average molecular weight is 194 g/mol. The van der Waals surface area contributed by atoms with E-state index in [1.54, 1.807) is 12.4 Å². The fourth-order valence-corrected chi connectivity index (χ4v) is 1.25. The number of carbonyl (C=O) groups is 1. The molecule has 0 radical (unpaired) electrons. The Hall–Kier alpha value is -1.42. The Balaban J connectivity index is 2.53. The van der Waals surface area contributed by atoms with Crippen LogP contribution in [0.25, 0.3) is 0 Å². The van der Waals surface area contributed by atoms with E-state index in [-0.39, 0.29) is 18.6 Å². The number of aromatic nitrogens is 1. The molecule has 0 aliphatic carbocycles. The molecule has 0 bridgehead atoms. The van der Waals surface area contributed by atoms with Gasteiger partial charge in [0.05, 0.1) is 12.6 Å². The SMILES string of the molecule is CC(=O)NC(CO)Cc1ccncc1. The Labute approximate surface area is 83.0 Å². The highest BCUT2D eigenvalue weighted by Gasteiger charge is 2.08. The lowest BCUT2D eigenvalue weighted by atomic mass is 10.1. The van der Waals surface area contributed by atoms with Gasteiger partial charge in [-0.1, -0.05) is 0 Å². The molecule has 1 heterocycles. The molecule has 14 heavy (non-hydrogen) atoms. The van der Waals surface area contributed by atoms with Crippen molar-refractivity contribution in [3.63, 3.8) is 0 Å². The van der Waals surface area contributed by atoms with Gasteiger partial charge in [-0.05, 0) is 24.1 Å². The number of aliphatic hydroxyl groups is 1. The van der Waals surface area contributed by atoms with Crippen LogP contribution in [0.4, 0.5) is 0 Å². The number of nitrogens with one attached hydrogen (secondary N) is 1. The molecule has 76 valence electrons. The highest BCUT2D eigenvalue weighted by Crippen LogP contribution is 2.01. The van der Waals surface area contributed by atoms with Crippen LogP contribution in [-0.4, -0.2) is 28.6 Å². The number of hydrogen-bond acceptors (Lipinski definition) is 3. The zero-order valence-corrected chi connectivity index (χ0v) is 8.10. The molecule has 2 N–H and O–H groups in total. The Kier molecular flexibility index (Phi) is 4.07. The molecular formula is C10H14N2O2. The summed E-state index contributed by atoms with van der Waals surface area (Å²) in [5, 5.41) is 11.7. The Bertz CT molecular complexity index is 287. The molecule has 1 unspecified atom stereocenters. The van der Waals surface area contributed by atoms with Gasteiger partial charge in [-0.3, -0.25) is 9.78 Å². The molecule has 1 atom stereocenters. The summed E-state index contributed by atoms with van der Waals surface area (Å²) >= 11 is 0. The van der Waals surface area contributed by atoms with E-state index in [1.807, 2.05) is 12.1 Å². The molecule has 1 amide bonds. The van der Waals surface area contributed by atoms with Crippen molar-refractivity contribution in [3.8, 4) is 0 Å². The lowest BCUT2D eigenvalue weighted by molar-refractivity contribution is -0.119. The number of pyridine rings is 1. The molecule has 1 rings (SSSR count). The van der Waals surface area contributed by atoms with Gasteiger partial charge in [0.1, 0.15) is 0 Å². The van der Waals surface area contributed by atoms with Crippen LogP contribution in [0.2, 0.25) is 0 Å². The molecule has 4 heteroatoms. The second-order valence-corrected chi connectivity index (χ2v) is 3.14. The fraction of sp³-hybridized carbons (Fsp3) is 0.400.